The number of amides is 1. The maximum atomic E-state index is 13.8. The SMILES string of the molecule is Cc1ccc(CN2CCn3nc(COc4ccccc4)cc3C2=O)cc1F. The second-order valence-corrected chi connectivity index (χ2v) is 6.66. The third kappa shape index (κ3) is 3.69. The number of rotatable bonds is 5. The molecule has 0 bridgehead atoms. The van der Waals surface area contributed by atoms with Crippen LogP contribution in [0.2, 0.25) is 0 Å². The number of nitrogens with zero attached hydrogens (tertiary/aromatic N) is 3. The zero-order valence-corrected chi connectivity index (χ0v) is 15.1. The number of halogens is 1. The average molecular weight is 365 g/mol. The van der Waals surface area contributed by atoms with Crippen LogP contribution in [0.3, 0.4) is 0 Å². The van der Waals surface area contributed by atoms with Crippen LogP contribution >= 0.6 is 0 Å². The van der Waals surface area contributed by atoms with Crippen molar-refractivity contribution in [2.75, 3.05) is 6.54 Å². The van der Waals surface area contributed by atoms with E-state index in [0.717, 1.165) is 11.3 Å². The Balaban J connectivity index is 1.45. The highest BCUT2D eigenvalue weighted by atomic mass is 19.1. The van der Waals surface area contributed by atoms with Crippen molar-refractivity contribution in [1.82, 2.24) is 14.7 Å². The lowest BCUT2D eigenvalue weighted by Crippen LogP contribution is -2.39. The maximum Gasteiger partial charge on any atom is 0.272 e. The number of carbonyl (C=O) groups is 1. The molecule has 0 saturated heterocycles. The summed E-state index contributed by atoms with van der Waals surface area (Å²) in [5.74, 6) is 0.417. The Kier molecular flexibility index (Phi) is 4.62. The minimum absolute atomic E-state index is 0.0966. The Bertz CT molecular complexity index is 969. The van der Waals surface area contributed by atoms with Crippen molar-refractivity contribution in [3.8, 4) is 5.75 Å². The van der Waals surface area contributed by atoms with E-state index in [2.05, 4.69) is 5.10 Å². The Labute approximate surface area is 157 Å². The summed E-state index contributed by atoms with van der Waals surface area (Å²) < 4.78 is 21.2. The lowest BCUT2D eigenvalue weighted by molar-refractivity contribution is 0.0683. The zero-order valence-electron chi connectivity index (χ0n) is 15.1. The number of benzene rings is 2. The van der Waals surface area contributed by atoms with Crippen LogP contribution in [0.1, 0.15) is 27.3 Å². The van der Waals surface area contributed by atoms with E-state index in [0.29, 0.717) is 43.2 Å². The molecule has 0 radical (unpaired) electrons. The van der Waals surface area contributed by atoms with Crippen LogP contribution in [-0.2, 0) is 19.7 Å². The van der Waals surface area contributed by atoms with Gasteiger partial charge in [0.1, 0.15) is 29.6 Å². The molecule has 3 aromatic rings. The molecular formula is C21H20FN3O2. The van der Waals surface area contributed by atoms with Crippen LogP contribution in [-0.4, -0.2) is 27.1 Å². The highest BCUT2D eigenvalue weighted by molar-refractivity contribution is 5.93. The van der Waals surface area contributed by atoms with Crippen molar-refractivity contribution < 1.29 is 13.9 Å². The molecule has 0 N–H and O–H groups in total. The lowest BCUT2D eigenvalue weighted by atomic mass is 10.1. The zero-order chi connectivity index (χ0) is 18.8. The number of carbonyl (C=O) groups excluding carboxylic acids is 1. The molecule has 0 spiro atoms. The summed E-state index contributed by atoms with van der Waals surface area (Å²) >= 11 is 0. The van der Waals surface area contributed by atoms with Gasteiger partial charge in [-0.1, -0.05) is 30.3 Å². The number of fused-ring (bicyclic) bond motifs is 1. The minimum atomic E-state index is -0.248. The molecule has 0 aliphatic carbocycles. The summed E-state index contributed by atoms with van der Waals surface area (Å²) in [6.45, 7) is 3.57. The van der Waals surface area contributed by atoms with Crippen LogP contribution in [0.15, 0.2) is 54.6 Å². The van der Waals surface area contributed by atoms with E-state index in [4.69, 9.17) is 4.74 Å². The molecule has 1 aliphatic rings. The van der Waals surface area contributed by atoms with Crippen LogP contribution in [0.5, 0.6) is 5.75 Å². The maximum absolute atomic E-state index is 13.8. The molecule has 0 saturated carbocycles. The summed E-state index contributed by atoms with van der Waals surface area (Å²) in [7, 11) is 0. The minimum Gasteiger partial charge on any atom is -0.487 e. The summed E-state index contributed by atoms with van der Waals surface area (Å²) in [6.07, 6.45) is 0. The number of hydrogen-bond donors (Lipinski definition) is 0. The van der Waals surface area contributed by atoms with E-state index in [1.165, 1.54) is 6.07 Å². The second kappa shape index (κ2) is 7.23. The largest absolute Gasteiger partial charge is 0.487 e. The molecule has 1 amide bonds. The van der Waals surface area contributed by atoms with E-state index in [9.17, 15) is 9.18 Å². The van der Waals surface area contributed by atoms with Gasteiger partial charge in [-0.05, 0) is 42.3 Å². The second-order valence-electron chi connectivity index (χ2n) is 6.66. The van der Waals surface area contributed by atoms with Gasteiger partial charge in [0.15, 0.2) is 0 Å². The van der Waals surface area contributed by atoms with Gasteiger partial charge >= 0.3 is 0 Å². The number of aryl methyl sites for hydroxylation is 1. The molecule has 0 atom stereocenters. The topological polar surface area (TPSA) is 47.4 Å². The number of aromatic nitrogens is 2. The van der Waals surface area contributed by atoms with Crippen molar-refractivity contribution >= 4 is 5.91 Å². The predicted molar refractivity (Wildman–Crippen MR) is 98.9 cm³/mol. The van der Waals surface area contributed by atoms with Crippen molar-refractivity contribution in [2.24, 2.45) is 0 Å². The first-order valence-corrected chi connectivity index (χ1v) is 8.89. The summed E-state index contributed by atoms with van der Waals surface area (Å²) in [5.41, 5.74) is 2.64. The van der Waals surface area contributed by atoms with Crippen molar-refractivity contribution in [1.29, 1.82) is 0 Å². The molecule has 27 heavy (non-hydrogen) atoms. The number of hydrogen-bond acceptors (Lipinski definition) is 3. The standard InChI is InChI=1S/C21H20FN3O2/c1-15-7-8-16(11-19(15)22)13-24-9-10-25-20(21(24)26)12-17(23-25)14-27-18-5-3-2-4-6-18/h2-8,11-12H,9-10,13-14H2,1H3. The van der Waals surface area contributed by atoms with Gasteiger partial charge in [-0.2, -0.15) is 5.10 Å². The third-order valence-electron chi connectivity index (χ3n) is 4.66. The van der Waals surface area contributed by atoms with Gasteiger partial charge in [0.2, 0.25) is 0 Å². The monoisotopic (exact) mass is 365 g/mol. The molecule has 2 aromatic carbocycles. The smallest absolute Gasteiger partial charge is 0.272 e. The van der Waals surface area contributed by atoms with Gasteiger partial charge < -0.3 is 9.64 Å². The first-order valence-electron chi connectivity index (χ1n) is 8.89. The number of ether oxygens (including phenoxy) is 1. The molecule has 1 aromatic heterocycles. The summed E-state index contributed by atoms with van der Waals surface area (Å²) in [6, 6.07) is 16.4. The lowest BCUT2D eigenvalue weighted by Gasteiger charge is -2.27. The molecule has 4 rings (SSSR count). The normalized spacial score (nSPS) is 13.6. The van der Waals surface area contributed by atoms with E-state index in [1.807, 2.05) is 36.4 Å². The highest BCUT2D eigenvalue weighted by Crippen LogP contribution is 2.19. The summed E-state index contributed by atoms with van der Waals surface area (Å²) in [4.78, 5) is 14.5. The quantitative estimate of drug-likeness (QED) is 0.695. The predicted octanol–water partition coefficient (Wildman–Crippen LogP) is 3.57. The first kappa shape index (κ1) is 17.3. The van der Waals surface area contributed by atoms with Gasteiger partial charge in [-0.25, -0.2) is 4.39 Å². The fraction of sp³-hybridized carbons (Fsp3) is 0.238. The molecule has 5 nitrogen and oxygen atoms in total. The molecule has 2 heterocycles. The van der Waals surface area contributed by atoms with E-state index in [-0.39, 0.29) is 11.7 Å². The average Bonchev–Trinajstić information content (AvgIpc) is 3.10. The van der Waals surface area contributed by atoms with Crippen molar-refractivity contribution in [2.45, 2.75) is 26.6 Å². The Morgan fingerprint density at radius 3 is 2.70 bits per heavy atom. The summed E-state index contributed by atoms with van der Waals surface area (Å²) in [5, 5.41) is 4.47. The molecular weight excluding hydrogens is 345 g/mol. The fourth-order valence-electron chi connectivity index (χ4n) is 3.14. The van der Waals surface area contributed by atoms with Crippen molar-refractivity contribution in [3.05, 3.63) is 82.9 Å². The molecule has 0 fully saturated rings. The third-order valence-corrected chi connectivity index (χ3v) is 4.66. The van der Waals surface area contributed by atoms with Crippen LogP contribution in [0.25, 0.3) is 0 Å². The van der Waals surface area contributed by atoms with Gasteiger partial charge in [-0.3, -0.25) is 9.48 Å². The van der Waals surface area contributed by atoms with Gasteiger partial charge in [-0.15, -0.1) is 0 Å². The Hall–Kier alpha value is -3.15. The molecule has 6 heteroatoms. The molecule has 1 aliphatic heterocycles. The van der Waals surface area contributed by atoms with Crippen LogP contribution in [0, 0.1) is 12.7 Å². The Morgan fingerprint density at radius 1 is 1.11 bits per heavy atom. The number of para-hydroxylation sites is 1. The van der Waals surface area contributed by atoms with Gasteiger partial charge in [0, 0.05) is 13.1 Å². The van der Waals surface area contributed by atoms with Crippen LogP contribution < -0.4 is 4.74 Å². The van der Waals surface area contributed by atoms with Gasteiger partial charge in [0.25, 0.3) is 5.91 Å². The van der Waals surface area contributed by atoms with Crippen molar-refractivity contribution in [3.63, 3.8) is 0 Å². The van der Waals surface area contributed by atoms with Gasteiger partial charge in [0.05, 0.1) is 6.54 Å². The Morgan fingerprint density at radius 2 is 1.93 bits per heavy atom. The van der Waals surface area contributed by atoms with E-state index < -0.39 is 0 Å². The molecule has 0 unspecified atom stereocenters. The fourth-order valence-corrected chi connectivity index (χ4v) is 3.14. The highest BCUT2D eigenvalue weighted by Gasteiger charge is 2.26. The first-order chi connectivity index (χ1) is 13.1. The van der Waals surface area contributed by atoms with E-state index >= 15 is 0 Å². The molecule has 138 valence electrons. The van der Waals surface area contributed by atoms with Crippen LogP contribution in [0.4, 0.5) is 4.39 Å². The van der Waals surface area contributed by atoms with E-state index in [1.54, 1.807) is 28.6 Å².